The molecule has 0 amide bonds. The van der Waals surface area contributed by atoms with Gasteiger partial charge in [-0.05, 0) is 16.7 Å². The molecule has 1 heterocycles. The van der Waals surface area contributed by atoms with E-state index in [0.717, 1.165) is 16.7 Å². The van der Waals surface area contributed by atoms with Gasteiger partial charge < -0.3 is 24.1 Å². The molecule has 1 fully saturated rings. The Morgan fingerprint density at radius 2 is 1.18 bits per heavy atom. The molecule has 3 aromatic rings. The molecule has 1 aliphatic rings. The van der Waals surface area contributed by atoms with Crippen LogP contribution < -0.4 is 0 Å². The number of hydrogen-bond donors (Lipinski definition) is 1. The van der Waals surface area contributed by atoms with Crippen LogP contribution >= 0.6 is 0 Å². The van der Waals surface area contributed by atoms with Crippen LogP contribution in [0.3, 0.4) is 0 Å². The lowest BCUT2D eigenvalue weighted by Gasteiger charge is -2.43. The van der Waals surface area contributed by atoms with Crippen LogP contribution in [0.1, 0.15) is 16.7 Å². The number of aliphatic hydroxyl groups excluding tert-OH is 1. The summed E-state index contributed by atoms with van der Waals surface area (Å²) in [5.41, 5.74) is 3.14. The normalized spacial score (nSPS) is 24.6. The average Bonchev–Trinajstić information content (AvgIpc) is 2.89. The van der Waals surface area contributed by atoms with Gasteiger partial charge in [-0.3, -0.25) is 0 Å². The molecular weight excluding hydrogens is 428 g/mol. The second-order valence-corrected chi connectivity index (χ2v) is 8.39. The van der Waals surface area contributed by atoms with Gasteiger partial charge >= 0.3 is 0 Å². The highest BCUT2D eigenvalue weighted by Gasteiger charge is 2.46. The van der Waals surface area contributed by atoms with E-state index in [1.807, 2.05) is 91.0 Å². The Bertz CT molecular complexity index is 979. The molecule has 1 aliphatic heterocycles. The van der Waals surface area contributed by atoms with Crippen molar-refractivity contribution in [2.45, 2.75) is 50.3 Å². The fraction of sp³-hybridized carbons (Fsp3) is 0.310. The van der Waals surface area contributed by atoms with Crippen molar-refractivity contribution in [3.8, 4) is 0 Å². The quantitative estimate of drug-likeness (QED) is 0.421. The summed E-state index contributed by atoms with van der Waals surface area (Å²) in [6.45, 7) is 5.34. The summed E-state index contributed by atoms with van der Waals surface area (Å²) in [4.78, 5) is 0. The molecule has 178 valence electrons. The van der Waals surface area contributed by atoms with Crippen LogP contribution in [0, 0.1) is 0 Å². The maximum atomic E-state index is 11.1. The molecule has 0 radical (unpaired) electrons. The minimum absolute atomic E-state index is 0.302. The first kappa shape index (κ1) is 24.3. The van der Waals surface area contributed by atoms with E-state index in [9.17, 15) is 5.11 Å². The molecule has 1 N–H and O–H groups in total. The minimum atomic E-state index is -0.910. The van der Waals surface area contributed by atoms with Gasteiger partial charge in [0.2, 0.25) is 0 Å². The van der Waals surface area contributed by atoms with Gasteiger partial charge in [0.25, 0.3) is 0 Å². The predicted molar refractivity (Wildman–Crippen MR) is 131 cm³/mol. The summed E-state index contributed by atoms with van der Waals surface area (Å²) in [5.74, 6) is 0. The highest BCUT2D eigenvalue weighted by atomic mass is 16.6. The van der Waals surface area contributed by atoms with Gasteiger partial charge in [0, 0.05) is 0 Å². The summed E-state index contributed by atoms with van der Waals surface area (Å²) in [6, 6.07) is 29.8. The van der Waals surface area contributed by atoms with Gasteiger partial charge in [0.1, 0.15) is 30.5 Å². The zero-order valence-electron chi connectivity index (χ0n) is 19.2. The second-order valence-electron chi connectivity index (χ2n) is 8.39. The zero-order valence-corrected chi connectivity index (χ0v) is 19.2. The van der Waals surface area contributed by atoms with Crippen molar-refractivity contribution in [2.75, 3.05) is 6.61 Å². The molecule has 0 aromatic heterocycles. The number of rotatable bonds is 11. The Morgan fingerprint density at radius 1 is 0.706 bits per heavy atom. The smallest absolute Gasteiger partial charge is 0.115 e. The zero-order chi connectivity index (χ0) is 23.6. The van der Waals surface area contributed by atoms with Gasteiger partial charge in [0.05, 0.1) is 26.4 Å². The molecule has 0 aliphatic carbocycles. The van der Waals surface area contributed by atoms with Gasteiger partial charge in [-0.15, -0.1) is 6.58 Å². The van der Waals surface area contributed by atoms with Gasteiger partial charge in [-0.2, -0.15) is 0 Å². The minimum Gasteiger partial charge on any atom is -0.387 e. The van der Waals surface area contributed by atoms with E-state index in [1.54, 1.807) is 6.08 Å². The van der Waals surface area contributed by atoms with Crippen LogP contribution in [0.25, 0.3) is 0 Å². The first-order valence-corrected chi connectivity index (χ1v) is 11.6. The molecule has 0 unspecified atom stereocenters. The van der Waals surface area contributed by atoms with Crippen molar-refractivity contribution >= 4 is 0 Å². The molecular formula is C29H32O5. The van der Waals surface area contributed by atoms with Crippen LogP contribution in [-0.4, -0.2) is 42.2 Å². The summed E-state index contributed by atoms with van der Waals surface area (Å²) < 4.78 is 24.8. The lowest BCUT2D eigenvalue weighted by Crippen LogP contribution is -2.59. The van der Waals surface area contributed by atoms with Crippen molar-refractivity contribution in [3.05, 3.63) is 120 Å². The van der Waals surface area contributed by atoms with Crippen LogP contribution in [0.15, 0.2) is 104 Å². The third kappa shape index (κ3) is 6.63. The first-order valence-electron chi connectivity index (χ1n) is 11.6. The van der Waals surface area contributed by atoms with E-state index in [-0.39, 0.29) is 0 Å². The SMILES string of the molecule is C=C[C@H]1O[C@H](COCc2ccccc2)[C@@H](OCc2ccccc2)[C@H](OCc2ccccc2)[C@H]1O. The van der Waals surface area contributed by atoms with Crippen LogP contribution in [0.5, 0.6) is 0 Å². The number of ether oxygens (including phenoxy) is 4. The second kappa shape index (κ2) is 12.6. The van der Waals surface area contributed by atoms with E-state index >= 15 is 0 Å². The average molecular weight is 461 g/mol. The first-order chi connectivity index (χ1) is 16.7. The Labute approximate surface area is 201 Å². The van der Waals surface area contributed by atoms with E-state index in [1.165, 1.54) is 0 Å². The van der Waals surface area contributed by atoms with E-state index < -0.39 is 30.5 Å². The Balaban J connectivity index is 1.49. The fourth-order valence-electron chi connectivity index (χ4n) is 4.08. The van der Waals surface area contributed by atoms with Crippen molar-refractivity contribution in [1.29, 1.82) is 0 Å². The molecule has 0 bridgehead atoms. The summed E-state index contributed by atoms with van der Waals surface area (Å²) in [7, 11) is 0. The molecule has 4 rings (SSSR count). The number of hydrogen-bond acceptors (Lipinski definition) is 5. The monoisotopic (exact) mass is 460 g/mol. The Kier molecular flexibility index (Phi) is 9.02. The maximum absolute atomic E-state index is 11.1. The molecule has 5 heteroatoms. The van der Waals surface area contributed by atoms with E-state index in [0.29, 0.717) is 26.4 Å². The highest BCUT2D eigenvalue weighted by Crippen LogP contribution is 2.29. The molecule has 0 saturated carbocycles. The van der Waals surface area contributed by atoms with Gasteiger partial charge in [0.15, 0.2) is 0 Å². The molecule has 5 atom stereocenters. The molecule has 1 saturated heterocycles. The van der Waals surface area contributed by atoms with Crippen molar-refractivity contribution < 1.29 is 24.1 Å². The summed E-state index contributed by atoms with van der Waals surface area (Å²) >= 11 is 0. The molecule has 3 aromatic carbocycles. The van der Waals surface area contributed by atoms with Crippen molar-refractivity contribution in [3.63, 3.8) is 0 Å². The molecule has 0 spiro atoms. The largest absolute Gasteiger partial charge is 0.387 e. The van der Waals surface area contributed by atoms with E-state index in [4.69, 9.17) is 18.9 Å². The van der Waals surface area contributed by atoms with Crippen LogP contribution in [0.4, 0.5) is 0 Å². The lowest BCUT2D eigenvalue weighted by atomic mass is 9.94. The summed E-state index contributed by atoms with van der Waals surface area (Å²) in [5, 5.41) is 11.1. The molecule has 34 heavy (non-hydrogen) atoms. The van der Waals surface area contributed by atoms with Crippen molar-refractivity contribution in [1.82, 2.24) is 0 Å². The third-order valence-corrected chi connectivity index (χ3v) is 5.89. The van der Waals surface area contributed by atoms with Crippen LogP contribution in [0.2, 0.25) is 0 Å². The Morgan fingerprint density at radius 3 is 1.68 bits per heavy atom. The summed E-state index contributed by atoms with van der Waals surface area (Å²) in [6.07, 6.45) is -1.44. The third-order valence-electron chi connectivity index (χ3n) is 5.89. The fourth-order valence-corrected chi connectivity index (χ4v) is 4.08. The standard InChI is InChI=1S/C29H32O5/c1-2-25-27(30)29(33-20-24-16-10-5-11-17-24)28(32-19-23-14-8-4-9-15-23)26(34-25)21-31-18-22-12-6-3-7-13-22/h2-17,25-30H,1,18-21H2/t25-,26-,27+,28-,29-/m1/s1. The van der Waals surface area contributed by atoms with E-state index in [2.05, 4.69) is 6.58 Å². The van der Waals surface area contributed by atoms with Gasteiger partial charge in [-0.25, -0.2) is 0 Å². The van der Waals surface area contributed by atoms with Crippen LogP contribution in [-0.2, 0) is 38.8 Å². The van der Waals surface area contributed by atoms with Gasteiger partial charge in [-0.1, -0.05) is 97.1 Å². The topological polar surface area (TPSA) is 57.2 Å². The molecule has 5 nitrogen and oxygen atoms in total. The Hall–Kier alpha value is -2.80. The lowest BCUT2D eigenvalue weighted by molar-refractivity contribution is -0.251. The highest BCUT2D eigenvalue weighted by molar-refractivity contribution is 5.15. The number of aliphatic hydroxyl groups is 1. The van der Waals surface area contributed by atoms with Crippen molar-refractivity contribution in [2.24, 2.45) is 0 Å². The maximum Gasteiger partial charge on any atom is 0.115 e. The number of benzene rings is 3. The predicted octanol–water partition coefficient (Wildman–Crippen LogP) is 4.69.